The van der Waals surface area contributed by atoms with Crippen molar-refractivity contribution in [1.82, 2.24) is 0 Å². The van der Waals surface area contributed by atoms with Crippen LogP contribution in [0.2, 0.25) is 0 Å². The highest BCUT2D eigenvalue weighted by atomic mass is 32.2. The van der Waals surface area contributed by atoms with Gasteiger partial charge in [0.05, 0.1) is 23.6 Å². The largest absolute Gasteiger partial charge is 0.389 e. The fourth-order valence-corrected chi connectivity index (χ4v) is 1.29. The molecule has 0 fully saturated rings. The van der Waals surface area contributed by atoms with Crippen LogP contribution >= 0.6 is 0 Å². The van der Waals surface area contributed by atoms with Crippen LogP contribution in [0, 0.1) is 0 Å². The third kappa shape index (κ3) is 3.55. The van der Waals surface area contributed by atoms with Crippen LogP contribution in [0.25, 0.3) is 0 Å². The van der Waals surface area contributed by atoms with Gasteiger partial charge < -0.3 is 9.84 Å². The van der Waals surface area contributed by atoms with Crippen molar-refractivity contribution < 1.29 is 18.3 Å². The zero-order chi connectivity index (χ0) is 11.6. The molecule has 86 valence electrons. The SMILES string of the molecule is CC(C)OCC(O)C(C)(C)S(C)(=O)=O. The predicted molar refractivity (Wildman–Crippen MR) is 56.0 cm³/mol. The lowest BCUT2D eigenvalue weighted by molar-refractivity contribution is -0.00700. The normalized spacial score (nSPS) is 15.9. The Morgan fingerprint density at radius 3 is 2.07 bits per heavy atom. The quantitative estimate of drug-likeness (QED) is 0.742. The van der Waals surface area contributed by atoms with Crippen molar-refractivity contribution in [1.29, 1.82) is 0 Å². The van der Waals surface area contributed by atoms with Crippen LogP contribution < -0.4 is 0 Å². The van der Waals surface area contributed by atoms with Gasteiger partial charge in [-0.25, -0.2) is 8.42 Å². The van der Waals surface area contributed by atoms with Crippen molar-refractivity contribution in [3.8, 4) is 0 Å². The molecule has 0 heterocycles. The summed E-state index contributed by atoms with van der Waals surface area (Å²) in [5.74, 6) is 0. The van der Waals surface area contributed by atoms with E-state index < -0.39 is 20.7 Å². The first-order valence-corrected chi connectivity index (χ1v) is 6.47. The van der Waals surface area contributed by atoms with Gasteiger partial charge in [-0.3, -0.25) is 0 Å². The summed E-state index contributed by atoms with van der Waals surface area (Å²) in [4.78, 5) is 0. The molecule has 0 aromatic heterocycles. The lowest BCUT2D eigenvalue weighted by Crippen LogP contribution is -2.46. The molecule has 4 nitrogen and oxygen atoms in total. The van der Waals surface area contributed by atoms with Gasteiger partial charge in [0, 0.05) is 6.26 Å². The summed E-state index contributed by atoms with van der Waals surface area (Å²) < 4.78 is 26.7. The molecule has 0 rings (SSSR count). The molecule has 1 unspecified atom stereocenters. The summed E-state index contributed by atoms with van der Waals surface area (Å²) in [5.41, 5.74) is 0. The summed E-state index contributed by atoms with van der Waals surface area (Å²) in [7, 11) is -3.28. The van der Waals surface area contributed by atoms with E-state index in [2.05, 4.69) is 0 Å². The average Bonchev–Trinajstić information content (AvgIpc) is 1.97. The van der Waals surface area contributed by atoms with Gasteiger partial charge >= 0.3 is 0 Å². The molecule has 0 aliphatic heterocycles. The summed E-state index contributed by atoms with van der Waals surface area (Å²) in [6.07, 6.45) is 0.103. The molecule has 0 aromatic rings. The Morgan fingerprint density at radius 2 is 1.79 bits per heavy atom. The summed E-state index contributed by atoms with van der Waals surface area (Å²) >= 11 is 0. The Labute approximate surface area is 86.2 Å². The summed E-state index contributed by atoms with van der Waals surface area (Å²) in [5, 5.41) is 9.66. The van der Waals surface area contributed by atoms with E-state index in [-0.39, 0.29) is 12.7 Å². The van der Waals surface area contributed by atoms with Gasteiger partial charge in [-0.15, -0.1) is 0 Å². The molecular weight excluding hydrogens is 204 g/mol. The minimum atomic E-state index is -3.28. The van der Waals surface area contributed by atoms with Gasteiger partial charge in [0.2, 0.25) is 0 Å². The maximum absolute atomic E-state index is 11.3. The molecular formula is C9H20O4S. The van der Waals surface area contributed by atoms with Crippen LogP contribution in [0.4, 0.5) is 0 Å². The minimum Gasteiger partial charge on any atom is -0.389 e. The Morgan fingerprint density at radius 1 is 1.36 bits per heavy atom. The fourth-order valence-electron chi connectivity index (χ4n) is 0.731. The van der Waals surface area contributed by atoms with Crippen molar-refractivity contribution in [2.45, 2.75) is 44.6 Å². The molecule has 1 N–H and O–H groups in total. The van der Waals surface area contributed by atoms with Crippen molar-refractivity contribution in [2.24, 2.45) is 0 Å². The van der Waals surface area contributed by atoms with E-state index in [0.29, 0.717) is 0 Å². The molecule has 0 aliphatic rings. The molecule has 0 aliphatic carbocycles. The van der Waals surface area contributed by atoms with Crippen molar-refractivity contribution in [3.63, 3.8) is 0 Å². The summed E-state index contributed by atoms with van der Waals surface area (Å²) in [6.45, 7) is 6.70. The van der Waals surface area contributed by atoms with Crippen LogP contribution in [0.5, 0.6) is 0 Å². The second-order valence-electron chi connectivity index (χ2n) is 4.27. The van der Waals surface area contributed by atoms with E-state index in [1.165, 1.54) is 13.8 Å². The van der Waals surface area contributed by atoms with E-state index in [0.717, 1.165) is 6.26 Å². The second kappa shape index (κ2) is 4.59. The molecule has 1 atom stereocenters. The van der Waals surface area contributed by atoms with Gasteiger partial charge in [0.15, 0.2) is 9.84 Å². The maximum atomic E-state index is 11.3. The molecule has 0 saturated heterocycles. The highest BCUT2D eigenvalue weighted by Gasteiger charge is 2.38. The molecule has 0 amide bonds. The molecule has 0 bridgehead atoms. The minimum absolute atomic E-state index is 0.0139. The monoisotopic (exact) mass is 224 g/mol. The topological polar surface area (TPSA) is 63.6 Å². The summed E-state index contributed by atoms with van der Waals surface area (Å²) in [6, 6.07) is 0. The van der Waals surface area contributed by atoms with Crippen LogP contribution in [-0.4, -0.2) is 43.3 Å². The standard InChI is InChI=1S/C9H20O4S/c1-7(2)13-6-8(10)9(3,4)14(5,11)12/h7-8,10H,6H2,1-5H3. The zero-order valence-corrected chi connectivity index (χ0v) is 10.3. The second-order valence-corrected chi connectivity index (χ2v) is 6.87. The smallest absolute Gasteiger partial charge is 0.155 e. The van der Waals surface area contributed by atoms with E-state index in [9.17, 15) is 13.5 Å². The van der Waals surface area contributed by atoms with Crippen LogP contribution in [-0.2, 0) is 14.6 Å². The number of sulfone groups is 1. The highest BCUT2D eigenvalue weighted by Crippen LogP contribution is 2.20. The Balaban J connectivity index is 4.45. The first-order valence-electron chi connectivity index (χ1n) is 4.58. The van der Waals surface area contributed by atoms with Crippen molar-refractivity contribution in [2.75, 3.05) is 12.9 Å². The number of hydrogen-bond donors (Lipinski definition) is 1. The lowest BCUT2D eigenvalue weighted by atomic mass is 10.1. The third-order valence-corrected chi connectivity index (χ3v) is 4.53. The molecule has 0 spiro atoms. The van der Waals surface area contributed by atoms with Gasteiger partial charge in [-0.1, -0.05) is 0 Å². The number of aliphatic hydroxyl groups is 1. The molecule has 14 heavy (non-hydrogen) atoms. The Hall–Kier alpha value is -0.130. The molecule has 0 saturated carbocycles. The van der Waals surface area contributed by atoms with E-state index in [4.69, 9.17) is 4.74 Å². The number of aliphatic hydroxyl groups excluding tert-OH is 1. The fraction of sp³-hybridized carbons (Fsp3) is 1.00. The van der Waals surface area contributed by atoms with Gasteiger partial charge in [-0.05, 0) is 27.7 Å². The molecule has 0 aromatic carbocycles. The van der Waals surface area contributed by atoms with Gasteiger partial charge in [-0.2, -0.15) is 0 Å². The van der Waals surface area contributed by atoms with Gasteiger partial charge in [0.1, 0.15) is 0 Å². The van der Waals surface area contributed by atoms with Gasteiger partial charge in [0.25, 0.3) is 0 Å². The first-order chi connectivity index (χ1) is 6.09. The first kappa shape index (κ1) is 13.9. The maximum Gasteiger partial charge on any atom is 0.155 e. The van der Waals surface area contributed by atoms with E-state index >= 15 is 0 Å². The lowest BCUT2D eigenvalue weighted by Gasteiger charge is -2.28. The predicted octanol–water partition coefficient (Wildman–Crippen LogP) is 0.596. The van der Waals surface area contributed by atoms with Crippen molar-refractivity contribution in [3.05, 3.63) is 0 Å². The van der Waals surface area contributed by atoms with E-state index in [1.807, 2.05) is 13.8 Å². The van der Waals surface area contributed by atoms with Crippen LogP contribution in [0.15, 0.2) is 0 Å². The highest BCUT2D eigenvalue weighted by molar-refractivity contribution is 7.92. The Kier molecular flexibility index (Phi) is 4.55. The number of hydrogen-bond acceptors (Lipinski definition) is 4. The van der Waals surface area contributed by atoms with E-state index in [1.54, 1.807) is 0 Å². The van der Waals surface area contributed by atoms with Crippen LogP contribution in [0.1, 0.15) is 27.7 Å². The number of ether oxygens (including phenoxy) is 1. The van der Waals surface area contributed by atoms with Crippen LogP contribution in [0.3, 0.4) is 0 Å². The molecule has 0 radical (unpaired) electrons. The third-order valence-electron chi connectivity index (χ3n) is 2.35. The zero-order valence-electron chi connectivity index (χ0n) is 9.44. The van der Waals surface area contributed by atoms with Crippen molar-refractivity contribution >= 4 is 9.84 Å². The number of rotatable bonds is 5. The average molecular weight is 224 g/mol. The Bertz CT molecular complexity index is 267. The molecule has 5 heteroatoms.